The van der Waals surface area contributed by atoms with Gasteiger partial charge in [-0.05, 0) is 60.0 Å². The minimum Gasteiger partial charge on any atom is -0.482 e. The standard InChI is InChI=1S/C29H24F3O3S2/c30-29(31,32)19-35-28(33)18-34-22-13-9-20(10-14-22)17-21-11-15-23(16-12-21)37-26-7-3-1-5-24(26)36-25-6-2-4-8-27(25)37/h1-16,24,26H,17-19H2/q+1. The number of halogens is 3. The Labute approximate surface area is 220 Å². The number of ether oxygens (including phenoxy) is 2. The Balaban J connectivity index is 1.22. The van der Waals surface area contributed by atoms with E-state index in [0.29, 0.717) is 16.2 Å². The van der Waals surface area contributed by atoms with Crippen molar-refractivity contribution in [3.05, 3.63) is 108 Å². The second-order valence-corrected chi connectivity index (χ2v) is 12.0. The number of rotatable bonds is 7. The maximum Gasteiger partial charge on any atom is 0.422 e. The summed E-state index contributed by atoms with van der Waals surface area (Å²) in [7, 11) is -0.0460. The van der Waals surface area contributed by atoms with E-state index in [1.54, 1.807) is 12.1 Å². The molecule has 2 aliphatic rings. The zero-order valence-corrected chi connectivity index (χ0v) is 21.3. The van der Waals surface area contributed by atoms with Gasteiger partial charge in [-0.1, -0.05) is 54.6 Å². The third-order valence-corrected chi connectivity index (χ3v) is 10.2. The van der Waals surface area contributed by atoms with Gasteiger partial charge in [-0.2, -0.15) is 13.2 Å². The summed E-state index contributed by atoms with van der Waals surface area (Å²) >= 11 is 1.94. The van der Waals surface area contributed by atoms with E-state index in [2.05, 4.69) is 77.6 Å². The van der Waals surface area contributed by atoms with E-state index in [4.69, 9.17) is 4.74 Å². The van der Waals surface area contributed by atoms with Gasteiger partial charge in [0, 0.05) is 0 Å². The molecule has 0 saturated heterocycles. The van der Waals surface area contributed by atoms with E-state index in [1.165, 1.54) is 20.2 Å². The summed E-state index contributed by atoms with van der Waals surface area (Å²) in [5, 5.41) is 0.879. The number of alkyl halides is 3. The van der Waals surface area contributed by atoms with Gasteiger partial charge in [0.15, 0.2) is 28.3 Å². The van der Waals surface area contributed by atoms with Crippen LogP contribution in [0.2, 0.25) is 0 Å². The minimum absolute atomic E-state index is 0.0460. The van der Waals surface area contributed by atoms with E-state index < -0.39 is 25.4 Å². The minimum atomic E-state index is -4.55. The van der Waals surface area contributed by atoms with Gasteiger partial charge in [0.05, 0.1) is 21.0 Å². The average molecular weight is 542 g/mol. The van der Waals surface area contributed by atoms with Crippen molar-refractivity contribution in [3.63, 3.8) is 0 Å². The van der Waals surface area contributed by atoms with Crippen molar-refractivity contribution in [2.75, 3.05) is 13.2 Å². The van der Waals surface area contributed by atoms with Crippen LogP contribution in [-0.2, 0) is 26.8 Å². The molecule has 3 nitrogen and oxygen atoms in total. The Hall–Kier alpha value is -3.10. The van der Waals surface area contributed by atoms with Crippen molar-refractivity contribution < 1.29 is 27.4 Å². The molecule has 0 radical (unpaired) electrons. The van der Waals surface area contributed by atoms with Crippen LogP contribution in [0.15, 0.2) is 112 Å². The molecule has 0 fully saturated rings. The number of thioether (sulfide) groups is 1. The molecule has 1 aliphatic carbocycles. The van der Waals surface area contributed by atoms with Crippen LogP contribution in [0, 0.1) is 0 Å². The van der Waals surface area contributed by atoms with Crippen molar-refractivity contribution in [2.24, 2.45) is 0 Å². The number of hydrogen-bond donors (Lipinski definition) is 0. The van der Waals surface area contributed by atoms with E-state index in [-0.39, 0.29) is 10.9 Å². The number of fused-ring (bicyclic) bond motifs is 2. The maximum absolute atomic E-state index is 12.1. The quantitative estimate of drug-likeness (QED) is 0.244. The third-order valence-electron chi connectivity index (χ3n) is 5.92. The number of hydrogen-bond acceptors (Lipinski definition) is 4. The van der Waals surface area contributed by atoms with Gasteiger partial charge >= 0.3 is 12.1 Å². The first-order valence-corrected chi connectivity index (χ1v) is 13.9. The summed E-state index contributed by atoms with van der Waals surface area (Å²) in [6, 6.07) is 24.7. The van der Waals surface area contributed by atoms with Gasteiger partial charge in [-0.25, -0.2) is 4.79 Å². The molecular formula is C29H24F3O3S2+. The maximum atomic E-state index is 12.1. The highest BCUT2D eigenvalue weighted by molar-refractivity contribution is 8.05. The number of allylic oxidation sites excluding steroid dienone is 2. The fraction of sp³-hybridized carbons (Fsp3) is 0.207. The Kier molecular flexibility index (Phi) is 7.67. The molecule has 0 amide bonds. The fourth-order valence-corrected chi connectivity index (χ4v) is 8.58. The molecule has 8 heteroatoms. The highest BCUT2D eigenvalue weighted by Crippen LogP contribution is 2.46. The topological polar surface area (TPSA) is 35.5 Å². The smallest absolute Gasteiger partial charge is 0.422 e. The molecule has 0 aromatic heterocycles. The molecule has 5 rings (SSSR count). The molecule has 0 spiro atoms. The van der Waals surface area contributed by atoms with Crippen LogP contribution in [0.3, 0.4) is 0 Å². The predicted octanol–water partition coefficient (Wildman–Crippen LogP) is 6.77. The second kappa shape index (κ2) is 11.1. The van der Waals surface area contributed by atoms with Crippen LogP contribution in [0.25, 0.3) is 0 Å². The zero-order chi connectivity index (χ0) is 25.8. The summed E-state index contributed by atoms with van der Waals surface area (Å²) in [5.74, 6) is -0.672. The Morgan fingerprint density at radius 3 is 2.30 bits per heavy atom. The summed E-state index contributed by atoms with van der Waals surface area (Å²) in [6.45, 7) is -2.19. The van der Waals surface area contributed by atoms with Crippen LogP contribution < -0.4 is 4.74 Å². The first kappa shape index (κ1) is 25.5. The van der Waals surface area contributed by atoms with Crippen molar-refractivity contribution in [3.8, 4) is 5.75 Å². The average Bonchev–Trinajstić information content (AvgIpc) is 2.90. The lowest BCUT2D eigenvalue weighted by atomic mass is 10.1. The summed E-state index contributed by atoms with van der Waals surface area (Å²) in [6.07, 6.45) is 5.11. The van der Waals surface area contributed by atoms with Crippen LogP contribution in [0.1, 0.15) is 11.1 Å². The Bertz CT molecular complexity index is 1300. The lowest BCUT2D eigenvalue weighted by Crippen LogP contribution is -2.34. The van der Waals surface area contributed by atoms with Crippen molar-refractivity contribution >= 4 is 28.6 Å². The number of carbonyl (C=O) groups excluding carboxylic acids is 1. The van der Waals surface area contributed by atoms with Crippen LogP contribution in [0.4, 0.5) is 13.2 Å². The third kappa shape index (κ3) is 6.43. The molecular weight excluding hydrogens is 517 g/mol. The highest BCUT2D eigenvalue weighted by atomic mass is 32.2. The van der Waals surface area contributed by atoms with Crippen molar-refractivity contribution in [1.82, 2.24) is 0 Å². The molecule has 3 unspecified atom stereocenters. The van der Waals surface area contributed by atoms with E-state index in [9.17, 15) is 18.0 Å². The largest absolute Gasteiger partial charge is 0.482 e. The lowest BCUT2D eigenvalue weighted by Gasteiger charge is -2.29. The monoisotopic (exact) mass is 541 g/mol. The van der Waals surface area contributed by atoms with Gasteiger partial charge in [0.1, 0.15) is 5.75 Å². The molecule has 190 valence electrons. The Morgan fingerprint density at radius 1 is 0.892 bits per heavy atom. The van der Waals surface area contributed by atoms with Crippen molar-refractivity contribution in [2.45, 2.75) is 37.8 Å². The van der Waals surface area contributed by atoms with Gasteiger partial charge in [0.2, 0.25) is 0 Å². The van der Waals surface area contributed by atoms with Crippen LogP contribution in [-0.4, -0.2) is 35.9 Å². The van der Waals surface area contributed by atoms with Gasteiger partial charge in [0.25, 0.3) is 0 Å². The second-order valence-electron chi connectivity index (χ2n) is 8.63. The number of benzene rings is 3. The van der Waals surface area contributed by atoms with Crippen molar-refractivity contribution in [1.29, 1.82) is 0 Å². The molecule has 0 N–H and O–H groups in total. The molecule has 0 saturated carbocycles. The normalized spacial score (nSPS) is 20.1. The first-order chi connectivity index (χ1) is 17.9. The number of esters is 1. The zero-order valence-electron chi connectivity index (χ0n) is 19.7. The SMILES string of the molecule is O=C(COc1ccc(Cc2ccc([S+]3c4ccccc4SC4C=CC=CC43)cc2)cc1)OCC(F)(F)F. The summed E-state index contributed by atoms with van der Waals surface area (Å²) in [5.41, 5.74) is 2.23. The van der Waals surface area contributed by atoms with E-state index >= 15 is 0 Å². The first-order valence-electron chi connectivity index (χ1n) is 11.7. The van der Waals surface area contributed by atoms with Gasteiger partial charge in [-0.3, -0.25) is 0 Å². The van der Waals surface area contributed by atoms with Crippen LogP contribution in [0.5, 0.6) is 5.75 Å². The van der Waals surface area contributed by atoms with Gasteiger partial charge < -0.3 is 9.47 Å². The lowest BCUT2D eigenvalue weighted by molar-refractivity contribution is -0.187. The summed E-state index contributed by atoms with van der Waals surface area (Å²) < 4.78 is 45.7. The molecule has 1 aliphatic heterocycles. The molecule has 3 aromatic rings. The fourth-order valence-electron chi connectivity index (χ4n) is 4.23. The summed E-state index contributed by atoms with van der Waals surface area (Å²) in [4.78, 5) is 15.5. The highest BCUT2D eigenvalue weighted by Gasteiger charge is 2.45. The molecule has 37 heavy (non-hydrogen) atoms. The van der Waals surface area contributed by atoms with Crippen LogP contribution >= 0.6 is 11.8 Å². The molecule has 1 heterocycles. The number of carbonyl (C=O) groups is 1. The predicted molar refractivity (Wildman–Crippen MR) is 140 cm³/mol. The van der Waals surface area contributed by atoms with Gasteiger partial charge in [-0.15, -0.1) is 11.8 Å². The Morgan fingerprint density at radius 2 is 1.57 bits per heavy atom. The van der Waals surface area contributed by atoms with E-state index in [1.807, 2.05) is 23.9 Å². The van der Waals surface area contributed by atoms with E-state index in [0.717, 1.165) is 12.0 Å². The molecule has 3 atom stereocenters. The molecule has 0 bridgehead atoms. The molecule has 3 aromatic carbocycles.